The molecule has 0 bridgehead atoms. The summed E-state index contributed by atoms with van der Waals surface area (Å²) in [6.45, 7) is 3.47. The Labute approximate surface area is 187 Å². The van der Waals surface area contributed by atoms with Crippen molar-refractivity contribution in [3.05, 3.63) is 88.5 Å². The summed E-state index contributed by atoms with van der Waals surface area (Å²) in [5.41, 5.74) is 1.58. The Morgan fingerprint density at radius 2 is 1.64 bits per heavy atom. The summed E-state index contributed by atoms with van der Waals surface area (Å²) in [5.74, 6) is -3.77. The van der Waals surface area contributed by atoms with E-state index in [-0.39, 0.29) is 16.8 Å². The van der Waals surface area contributed by atoms with Gasteiger partial charge in [-0.2, -0.15) is 0 Å². The zero-order valence-corrected chi connectivity index (χ0v) is 17.6. The molecule has 0 aliphatic carbocycles. The third kappa shape index (κ3) is 3.69. The number of carbonyl (C=O) groups excluding carboxylic acids is 3. The molecular weight excluding hydrogens is 429 g/mol. The van der Waals surface area contributed by atoms with Gasteiger partial charge in [0.2, 0.25) is 0 Å². The topological polar surface area (TPSA) is 109 Å². The molecule has 3 aromatic rings. The smallest absolute Gasteiger partial charge is 0.337 e. The zero-order valence-electron chi connectivity index (χ0n) is 17.6. The number of halogens is 1. The largest absolute Gasteiger partial charge is 0.478 e. The maximum atomic E-state index is 14.3. The Morgan fingerprint density at radius 3 is 2.30 bits per heavy atom. The minimum absolute atomic E-state index is 0.0845. The molecular formula is C24H18FN3O5. The van der Waals surface area contributed by atoms with E-state index in [0.717, 1.165) is 6.07 Å². The van der Waals surface area contributed by atoms with E-state index in [1.807, 2.05) is 0 Å². The molecule has 4 amide bonds. The van der Waals surface area contributed by atoms with Gasteiger partial charge in [0.05, 0.1) is 16.9 Å². The van der Waals surface area contributed by atoms with Gasteiger partial charge in [-0.3, -0.25) is 14.9 Å². The van der Waals surface area contributed by atoms with Gasteiger partial charge >= 0.3 is 12.0 Å². The molecule has 9 heteroatoms. The van der Waals surface area contributed by atoms with Crippen molar-refractivity contribution in [2.45, 2.75) is 13.8 Å². The summed E-state index contributed by atoms with van der Waals surface area (Å²) in [6, 6.07) is 12.3. The van der Waals surface area contributed by atoms with E-state index >= 15 is 0 Å². The van der Waals surface area contributed by atoms with Crippen molar-refractivity contribution in [2.75, 3.05) is 4.90 Å². The molecule has 2 N–H and O–H groups in total. The second-order valence-electron chi connectivity index (χ2n) is 7.39. The van der Waals surface area contributed by atoms with Crippen molar-refractivity contribution in [1.82, 2.24) is 9.88 Å². The predicted molar refractivity (Wildman–Crippen MR) is 118 cm³/mol. The molecule has 0 atom stereocenters. The van der Waals surface area contributed by atoms with E-state index in [4.69, 9.17) is 0 Å². The summed E-state index contributed by atoms with van der Waals surface area (Å²) in [4.78, 5) is 50.0. The highest BCUT2D eigenvalue weighted by molar-refractivity contribution is 6.39. The number of carboxylic acids is 1. The molecule has 0 saturated carbocycles. The summed E-state index contributed by atoms with van der Waals surface area (Å²) in [6.07, 6.45) is 1.31. The number of aryl methyl sites for hydroxylation is 1. The molecule has 0 spiro atoms. The van der Waals surface area contributed by atoms with Gasteiger partial charge in [-0.05, 0) is 55.8 Å². The van der Waals surface area contributed by atoms with E-state index in [1.54, 1.807) is 42.7 Å². The van der Waals surface area contributed by atoms with Crippen LogP contribution >= 0.6 is 0 Å². The van der Waals surface area contributed by atoms with E-state index in [9.17, 15) is 28.7 Å². The van der Waals surface area contributed by atoms with Gasteiger partial charge in [0.25, 0.3) is 11.8 Å². The fraction of sp³-hybridized carbons (Fsp3) is 0.0833. The summed E-state index contributed by atoms with van der Waals surface area (Å²) < 4.78 is 15.9. The summed E-state index contributed by atoms with van der Waals surface area (Å²) in [5, 5.41) is 11.6. The predicted octanol–water partition coefficient (Wildman–Crippen LogP) is 3.60. The lowest BCUT2D eigenvalue weighted by Crippen LogP contribution is -2.54. The minimum Gasteiger partial charge on any atom is -0.478 e. The number of imide groups is 2. The van der Waals surface area contributed by atoms with Gasteiger partial charge in [-0.25, -0.2) is 18.9 Å². The third-order valence-electron chi connectivity index (χ3n) is 5.34. The summed E-state index contributed by atoms with van der Waals surface area (Å²) in [7, 11) is 0. The Kier molecular flexibility index (Phi) is 5.39. The Bertz CT molecular complexity index is 1370. The van der Waals surface area contributed by atoms with Crippen LogP contribution in [0.1, 0.15) is 27.3 Å². The lowest BCUT2D eigenvalue weighted by molar-refractivity contribution is -0.122. The summed E-state index contributed by atoms with van der Waals surface area (Å²) >= 11 is 0. The molecule has 1 aromatic heterocycles. The molecule has 1 fully saturated rings. The van der Waals surface area contributed by atoms with Gasteiger partial charge in [-0.1, -0.05) is 24.3 Å². The Hall–Kier alpha value is -4.53. The van der Waals surface area contributed by atoms with E-state index in [1.165, 1.54) is 30.3 Å². The zero-order chi connectivity index (χ0) is 23.9. The number of benzene rings is 2. The number of aromatic carboxylic acids is 1. The van der Waals surface area contributed by atoms with Crippen LogP contribution in [0.15, 0.2) is 60.2 Å². The Morgan fingerprint density at radius 1 is 1.00 bits per heavy atom. The Balaban J connectivity index is 1.81. The van der Waals surface area contributed by atoms with Crippen LogP contribution in [0.5, 0.6) is 0 Å². The monoisotopic (exact) mass is 447 g/mol. The standard InChI is InChI=1S/C24H18FN3O5/c1-13-11-15(14(2)27(13)19-9-5-3-7-16(19)23(31)32)12-17-21(29)26-24(33)28(22(17)30)20-10-6-4-8-18(20)25/h3-12H,1-2H3,(H,31,32)(H,26,29,33)/b17-12+. The fourth-order valence-electron chi connectivity index (χ4n) is 3.82. The molecule has 0 unspecified atom stereocenters. The lowest BCUT2D eigenvalue weighted by Gasteiger charge is -2.26. The van der Waals surface area contributed by atoms with Crippen molar-refractivity contribution in [3.63, 3.8) is 0 Å². The second-order valence-corrected chi connectivity index (χ2v) is 7.39. The molecule has 1 aliphatic rings. The van der Waals surface area contributed by atoms with Crippen LogP contribution in [-0.2, 0) is 9.59 Å². The van der Waals surface area contributed by atoms with Gasteiger partial charge in [0.15, 0.2) is 0 Å². The van der Waals surface area contributed by atoms with E-state index < -0.39 is 29.6 Å². The first-order valence-corrected chi connectivity index (χ1v) is 9.88. The van der Waals surface area contributed by atoms with Crippen molar-refractivity contribution in [2.24, 2.45) is 0 Å². The molecule has 8 nitrogen and oxygen atoms in total. The molecule has 33 heavy (non-hydrogen) atoms. The number of carbonyl (C=O) groups is 4. The van der Waals surface area contributed by atoms with Crippen molar-refractivity contribution in [1.29, 1.82) is 0 Å². The fourth-order valence-corrected chi connectivity index (χ4v) is 3.82. The number of rotatable bonds is 4. The van der Waals surface area contributed by atoms with Gasteiger partial charge in [0, 0.05) is 11.4 Å². The van der Waals surface area contributed by atoms with Crippen LogP contribution in [0.3, 0.4) is 0 Å². The van der Waals surface area contributed by atoms with Crippen molar-refractivity contribution < 1.29 is 28.7 Å². The highest BCUT2D eigenvalue weighted by Gasteiger charge is 2.38. The van der Waals surface area contributed by atoms with Crippen LogP contribution in [0.25, 0.3) is 11.8 Å². The molecule has 1 aliphatic heterocycles. The number of urea groups is 1. The number of aromatic nitrogens is 1. The number of para-hydroxylation sites is 2. The highest BCUT2D eigenvalue weighted by Crippen LogP contribution is 2.28. The molecule has 166 valence electrons. The van der Waals surface area contributed by atoms with Crippen molar-refractivity contribution in [3.8, 4) is 5.69 Å². The third-order valence-corrected chi connectivity index (χ3v) is 5.34. The van der Waals surface area contributed by atoms with Crippen LogP contribution in [0.2, 0.25) is 0 Å². The maximum absolute atomic E-state index is 14.3. The van der Waals surface area contributed by atoms with Gasteiger partial charge < -0.3 is 9.67 Å². The number of nitrogens with one attached hydrogen (secondary N) is 1. The number of anilines is 1. The molecule has 2 heterocycles. The van der Waals surface area contributed by atoms with Gasteiger partial charge in [0.1, 0.15) is 11.4 Å². The van der Waals surface area contributed by atoms with Gasteiger partial charge in [-0.15, -0.1) is 0 Å². The first kappa shape index (κ1) is 21.7. The van der Waals surface area contributed by atoms with E-state index in [2.05, 4.69) is 5.32 Å². The minimum atomic E-state index is -1.10. The quantitative estimate of drug-likeness (QED) is 0.469. The van der Waals surface area contributed by atoms with Crippen LogP contribution in [0, 0.1) is 19.7 Å². The lowest BCUT2D eigenvalue weighted by atomic mass is 10.1. The average molecular weight is 447 g/mol. The first-order valence-electron chi connectivity index (χ1n) is 9.88. The van der Waals surface area contributed by atoms with Crippen LogP contribution in [-0.4, -0.2) is 33.5 Å². The second kappa shape index (κ2) is 8.19. The van der Waals surface area contributed by atoms with Crippen LogP contribution in [0.4, 0.5) is 14.9 Å². The molecule has 0 radical (unpaired) electrons. The van der Waals surface area contributed by atoms with E-state index in [0.29, 0.717) is 27.5 Å². The molecule has 4 rings (SSSR count). The first-order chi connectivity index (χ1) is 15.7. The number of nitrogens with zero attached hydrogens (tertiary/aromatic N) is 2. The number of hydrogen-bond acceptors (Lipinski definition) is 4. The average Bonchev–Trinajstić information content (AvgIpc) is 3.05. The number of hydrogen-bond donors (Lipinski definition) is 2. The van der Waals surface area contributed by atoms with Crippen LogP contribution < -0.4 is 10.2 Å². The SMILES string of the molecule is Cc1cc(/C=C2\C(=O)NC(=O)N(c3ccccc3F)C2=O)c(C)n1-c1ccccc1C(=O)O. The number of carboxylic acid groups (broad SMARTS) is 1. The number of barbiturate groups is 1. The molecule has 2 aromatic carbocycles. The molecule has 1 saturated heterocycles. The maximum Gasteiger partial charge on any atom is 0.337 e. The normalized spacial score (nSPS) is 15.2. The highest BCUT2D eigenvalue weighted by atomic mass is 19.1. The van der Waals surface area contributed by atoms with Crippen molar-refractivity contribution >= 4 is 35.6 Å². The number of amides is 4.